The zero-order valence-electron chi connectivity index (χ0n) is 11.1. The molecule has 0 unspecified atom stereocenters. The van der Waals surface area contributed by atoms with E-state index in [1.165, 1.54) is 35.5 Å². The molecule has 1 aromatic carbocycles. The van der Waals surface area contributed by atoms with Crippen LogP contribution < -0.4 is 5.32 Å². The van der Waals surface area contributed by atoms with E-state index in [0.29, 0.717) is 17.8 Å². The van der Waals surface area contributed by atoms with Crippen LogP contribution in [-0.2, 0) is 11.3 Å². The molecule has 0 fully saturated rings. The normalized spacial score (nSPS) is 9.81. The number of benzene rings is 1. The Labute approximate surface area is 120 Å². The monoisotopic (exact) mass is 288 g/mol. The Hall–Kier alpha value is -2.72. The van der Waals surface area contributed by atoms with E-state index < -0.39 is 5.82 Å². The van der Waals surface area contributed by atoms with Crippen molar-refractivity contribution in [2.75, 3.05) is 11.9 Å². The quantitative estimate of drug-likeness (QED) is 0.815. The van der Waals surface area contributed by atoms with Gasteiger partial charge in [-0.25, -0.2) is 9.37 Å². The molecule has 1 amide bonds. The minimum Gasteiger partial charge on any atom is -0.384 e. The van der Waals surface area contributed by atoms with E-state index >= 15 is 0 Å². The van der Waals surface area contributed by atoms with E-state index in [1.807, 2.05) is 0 Å². The van der Waals surface area contributed by atoms with Crippen molar-refractivity contribution in [2.24, 2.45) is 0 Å². The molecule has 0 saturated carbocycles. The molecule has 0 saturated heterocycles. The van der Waals surface area contributed by atoms with Crippen molar-refractivity contribution in [3.63, 3.8) is 0 Å². The molecule has 21 heavy (non-hydrogen) atoms. The second-order valence-electron chi connectivity index (χ2n) is 4.11. The lowest BCUT2D eigenvalue weighted by molar-refractivity contribution is -0.116. The number of aryl methyl sites for hydroxylation is 1. The highest BCUT2D eigenvalue weighted by molar-refractivity contribution is 5.92. The van der Waals surface area contributed by atoms with Crippen LogP contribution in [0, 0.1) is 17.7 Å². The van der Waals surface area contributed by atoms with Gasteiger partial charge in [0.15, 0.2) is 0 Å². The standard InChI is InChI=1S/C14H13FN4O2/c15-12-3-4-13(11(8-12)2-1-7-20)18-14(21)5-6-19-10-16-9-17-19/h3-4,8-10,20H,5-7H2,(H,18,21). The van der Waals surface area contributed by atoms with E-state index in [0.717, 1.165) is 0 Å². The lowest BCUT2D eigenvalue weighted by Crippen LogP contribution is -2.15. The van der Waals surface area contributed by atoms with Gasteiger partial charge in [0.25, 0.3) is 0 Å². The molecule has 0 spiro atoms. The summed E-state index contributed by atoms with van der Waals surface area (Å²) in [4.78, 5) is 15.6. The topological polar surface area (TPSA) is 80.0 Å². The van der Waals surface area contributed by atoms with Gasteiger partial charge in [-0.2, -0.15) is 5.10 Å². The number of anilines is 1. The van der Waals surface area contributed by atoms with E-state index in [4.69, 9.17) is 5.11 Å². The highest BCUT2D eigenvalue weighted by Gasteiger charge is 2.07. The predicted octanol–water partition coefficient (Wildman–Crippen LogP) is 0.790. The Balaban J connectivity index is 2.02. The van der Waals surface area contributed by atoms with Gasteiger partial charge in [0.1, 0.15) is 25.1 Å². The fourth-order valence-corrected chi connectivity index (χ4v) is 1.64. The van der Waals surface area contributed by atoms with Gasteiger partial charge in [-0.3, -0.25) is 9.48 Å². The molecule has 1 aromatic heterocycles. The van der Waals surface area contributed by atoms with Crippen molar-refractivity contribution in [2.45, 2.75) is 13.0 Å². The largest absolute Gasteiger partial charge is 0.384 e. The molecular weight excluding hydrogens is 275 g/mol. The van der Waals surface area contributed by atoms with Gasteiger partial charge in [0, 0.05) is 6.42 Å². The first-order valence-electron chi connectivity index (χ1n) is 6.20. The first-order chi connectivity index (χ1) is 10.2. The van der Waals surface area contributed by atoms with E-state index in [-0.39, 0.29) is 18.9 Å². The van der Waals surface area contributed by atoms with E-state index in [1.54, 1.807) is 0 Å². The number of halogens is 1. The van der Waals surface area contributed by atoms with Crippen molar-refractivity contribution >= 4 is 11.6 Å². The van der Waals surface area contributed by atoms with Gasteiger partial charge < -0.3 is 10.4 Å². The van der Waals surface area contributed by atoms with Gasteiger partial charge in [-0.15, -0.1) is 0 Å². The maximum Gasteiger partial charge on any atom is 0.226 e. The average Bonchev–Trinajstić information content (AvgIpc) is 2.98. The molecule has 0 radical (unpaired) electrons. The number of carbonyl (C=O) groups excluding carboxylic acids is 1. The second-order valence-corrected chi connectivity index (χ2v) is 4.11. The van der Waals surface area contributed by atoms with Crippen molar-refractivity contribution < 1.29 is 14.3 Å². The van der Waals surface area contributed by atoms with Crippen LogP contribution in [0.3, 0.4) is 0 Å². The van der Waals surface area contributed by atoms with Crippen LogP contribution in [0.2, 0.25) is 0 Å². The molecule has 6 nitrogen and oxygen atoms in total. The number of aliphatic hydroxyl groups excluding tert-OH is 1. The Kier molecular flexibility index (Phi) is 5.01. The lowest BCUT2D eigenvalue weighted by Gasteiger charge is -2.07. The first kappa shape index (κ1) is 14.7. The molecule has 0 bridgehead atoms. The molecule has 1 heterocycles. The van der Waals surface area contributed by atoms with Crippen LogP contribution in [0.15, 0.2) is 30.9 Å². The molecular formula is C14H13FN4O2. The molecule has 2 N–H and O–H groups in total. The Bertz CT molecular complexity index is 674. The fraction of sp³-hybridized carbons (Fsp3) is 0.214. The molecule has 0 atom stereocenters. The third-order valence-electron chi connectivity index (χ3n) is 2.59. The molecule has 0 aliphatic heterocycles. The third-order valence-corrected chi connectivity index (χ3v) is 2.59. The highest BCUT2D eigenvalue weighted by atomic mass is 19.1. The maximum atomic E-state index is 13.2. The summed E-state index contributed by atoms with van der Waals surface area (Å²) in [5.74, 6) is 4.32. The number of nitrogens with one attached hydrogen (secondary N) is 1. The molecule has 2 rings (SSSR count). The number of hydrogen-bond acceptors (Lipinski definition) is 4. The molecule has 0 aliphatic carbocycles. The van der Waals surface area contributed by atoms with Crippen molar-refractivity contribution in [3.05, 3.63) is 42.2 Å². The van der Waals surface area contributed by atoms with Gasteiger partial charge in [0.2, 0.25) is 5.91 Å². The molecule has 2 aromatic rings. The van der Waals surface area contributed by atoms with Crippen molar-refractivity contribution in [1.82, 2.24) is 14.8 Å². The Morgan fingerprint density at radius 1 is 1.48 bits per heavy atom. The number of nitrogens with zero attached hydrogens (tertiary/aromatic N) is 3. The van der Waals surface area contributed by atoms with E-state index in [9.17, 15) is 9.18 Å². The summed E-state index contributed by atoms with van der Waals surface area (Å²) in [6, 6.07) is 3.87. The summed E-state index contributed by atoms with van der Waals surface area (Å²) in [6.45, 7) is 0.0564. The average molecular weight is 288 g/mol. The fourth-order valence-electron chi connectivity index (χ4n) is 1.64. The minimum absolute atomic E-state index is 0.202. The lowest BCUT2D eigenvalue weighted by atomic mass is 10.1. The molecule has 7 heteroatoms. The first-order valence-corrected chi connectivity index (χ1v) is 6.20. The number of rotatable bonds is 4. The van der Waals surface area contributed by atoms with Crippen molar-refractivity contribution in [3.8, 4) is 11.8 Å². The molecule has 0 aliphatic rings. The van der Waals surface area contributed by atoms with Crippen LogP contribution in [-0.4, -0.2) is 32.4 Å². The van der Waals surface area contributed by atoms with Gasteiger partial charge in [-0.05, 0) is 18.2 Å². The number of aliphatic hydroxyl groups is 1. The summed E-state index contributed by atoms with van der Waals surface area (Å²) in [7, 11) is 0. The van der Waals surface area contributed by atoms with E-state index in [2.05, 4.69) is 27.2 Å². The number of hydrogen-bond donors (Lipinski definition) is 2. The van der Waals surface area contributed by atoms with Crippen molar-refractivity contribution in [1.29, 1.82) is 0 Å². The number of amides is 1. The summed E-state index contributed by atoms with van der Waals surface area (Å²) >= 11 is 0. The van der Waals surface area contributed by atoms with Crippen LogP contribution >= 0.6 is 0 Å². The second kappa shape index (κ2) is 7.17. The van der Waals surface area contributed by atoms with Crippen LogP contribution in [0.25, 0.3) is 0 Å². The summed E-state index contributed by atoms with van der Waals surface area (Å²) in [6.07, 6.45) is 3.11. The minimum atomic E-state index is -0.460. The smallest absolute Gasteiger partial charge is 0.226 e. The van der Waals surface area contributed by atoms with Gasteiger partial charge in [-0.1, -0.05) is 11.8 Å². The van der Waals surface area contributed by atoms with Crippen LogP contribution in [0.5, 0.6) is 0 Å². The molecule has 108 valence electrons. The zero-order valence-corrected chi connectivity index (χ0v) is 11.1. The van der Waals surface area contributed by atoms with Gasteiger partial charge >= 0.3 is 0 Å². The highest BCUT2D eigenvalue weighted by Crippen LogP contribution is 2.16. The van der Waals surface area contributed by atoms with Crippen LogP contribution in [0.1, 0.15) is 12.0 Å². The number of aromatic nitrogens is 3. The van der Waals surface area contributed by atoms with Gasteiger partial charge in [0.05, 0.1) is 17.8 Å². The Morgan fingerprint density at radius 2 is 2.33 bits per heavy atom. The maximum absolute atomic E-state index is 13.2. The number of carbonyl (C=O) groups is 1. The third kappa shape index (κ3) is 4.40. The summed E-state index contributed by atoms with van der Waals surface area (Å²) < 4.78 is 14.7. The van der Waals surface area contributed by atoms with Crippen LogP contribution in [0.4, 0.5) is 10.1 Å². The predicted molar refractivity (Wildman–Crippen MR) is 73.6 cm³/mol. The SMILES string of the molecule is O=C(CCn1cncn1)Nc1ccc(F)cc1C#CCO. The summed E-state index contributed by atoms with van der Waals surface area (Å²) in [5, 5.41) is 15.2. The Morgan fingerprint density at radius 3 is 3.05 bits per heavy atom. The summed E-state index contributed by atoms with van der Waals surface area (Å²) in [5.41, 5.74) is 0.721. The zero-order chi connectivity index (χ0) is 15.1.